The van der Waals surface area contributed by atoms with Gasteiger partial charge in [0.25, 0.3) is 11.8 Å². The molecule has 0 spiro atoms. The smallest absolute Gasteiger partial charge is 0.315 e. The van der Waals surface area contributed by atoms with Gasteiger partial charge in [0.15, 0.2) is 11.5 Å². The lowest BCUT2D eigenvalue weighted by Crippen LogP contribution is -2.43. The molecule has 0 aliphatic carbocycles. The van der Waals surface area contributed by atoms with E-state index in [-0.39, 0.29) is 17.0 Å². The van der Waals surface area contributed by atoms with E-state index in [9.17, 15) is 27.9 Å². The molecule has 0 aliphatic rings. The summed E-state index contributed by atoms with van der Waals surface area (Å²) in [5.74, 6) is -2.19. The average Bonchev–Trinajstić information content (AvgIpc) is 3.09. The Bertz CT molecular complexity index is 749. The number of carbonyl (C=O) groups excluding carboxylic acids is 2. The predicted molar refractivity (Wildman–Crippen MR) is 79.3 cm³/mol. The van der Waals surface area contributed by atoms with Gasteiger partial charge in [-0.15, -0.1) is 0 Å². The van der Waals surface area contributed by atoms with Crippen molar-refractivity contribution in [3.8, 4) is 11.3 Å². The van der Waals surface area contributed by atoms with Crippen LogP contribution in [0.25, 0.3) is 11.3 Å². The third-order valence-electron chi connectivity index (χ3n) is 3.37. The predicted octanol–water partition coefficient (Wildman–Crippen LogP) is 1.19. The molecule has 134 valence electrons. The first-order chi connectivity index (χ1) is 11.8. The van der Waals surface area contributed by atoms with Gasteiger partial charge in [0.1, 0.15) is 12.8 Å². The highest BCUT2D eigenvalue weighted by Gasteiger charge is 2.26. The number of hydrogen-bond acceptors (Lipinski definition) is 5. The van der Waals surface area contributed by atoms with Crippen LogP contribution in [-0.4, -0.2) is 41.2 Å². The lowest BCUT2D eigenvalue weighted by Gasteiger charge is -2.21. The molecule has 2 amide bonds. The largest absolute Gasteiger partial charge is 0.386 e. The number of amides is 2. The van der Waals surface area contributed by atoms with Crippen LogP contribution in [0.4, 0.5) is 13.2 Å². The van der Waals surface area contributed by atoms with E-state index in [0.717, 1.165) is 0 Å². The number of aliphatic hydroxyl groups excluding tert-OH is 1. The van der Waals surface area contributed by atoms with Crippen LogP contribution in [0.15, 0.2) is 34.9 Å². The third-order valence-corrected chi connectivity index (χ3v) is 3.37. The van der Waals surface area contributed by atoms with E-state index >= 15 is 0 Å². The third kappa shape index (κ3) is 4.35. The van der Waals surface area contributed by atoms with Crippen molar-refractivity contribution in [1.29, 1.82) is 0 Å². The molecule has 0 aliphatic heterocycles. The van der Waals surface area contributed by atoms with E-state index in [2.05, 4.69) is 5.16 Å². The minimum absolute atomic E-state index is 0.0636. The second kappa shape index (κ2) is 7.79. The summed E-state index contributed by atoms with van der Waals surface area (Å²) in [4.78, 5) is 21.9. The summed E-state index contributed by atoms with van der Waals surface area (Å²) in [7, 11) is 0. The number of benzene rings is 1. The van der Waals surface area contributed by atoms with E-state index < -0.39 is 37.1 Å². The number of aromatic nitrogens is 1. The minimum atomic E-state index is -3.31. The van der Waals surface area contributed by atoms with Gasteiger partial charge in [0.05, 0.1) is 6.04 Å². The first-order valence-corrected chi connectivity index (χ1v) is 7.03. The Hall–Kier alpha value is -2.88. The molecule has 0 bridgehead atoms. The summed E-state index contributed by atoms with van der Waals surface area (Å²) >= 11 is 0. The van der Waals surface area contributed by atoms with Crippen LogP contribution < -0.4 is 11.1 Å². The molecule has 0 radical (unpaired) electrons. The Balaban J connectivity index is 2.14. The van der Waals surface area contributed by atoms with Crippen molar-refractivity contribution in [2.75, 3.05) is 6.67 Å². The SMILES string of the molecule is NC(=O)c1cc(-c2ccc([C@@H](O)[C@@H](CF)NC(=O)C(F)F)cc2)on1. The van der Waals surface area contributed by atoms with E-state index in [4.69, 9.17) is 10.3 Å². The maximum atomic E-state index is 13.0. The zero-order valence-electron chi connectivity index (χ0n) is 12.7. The van der Waals surface area contributed by atoms with Gasteiger partial charge in [-0.25, -0.2) is 4.39 Å². The van der Waals surface area contributed by atoms with E-state index in [0.29, 0.717) is 5.56 Å². The first kappa shape index (κ1) is 18.5. The van der Waals surface area contributed by atoms with Gasteiger partial charge >= 0.3 is 6.43 Å². The van der Waals surface area contributed by atoms with Crippen LogP contribution in [0.5, 0.6) is 0 Å². The van der Waals surface area contributed by atoms with Crippen molar-refractivity contribution < 1.29 is 32.4 Å². The summed E-state index contributed by atoms with van der Waals surface area (Å²) in [5, 5.41) is 15.3. The summed E-state index contributed by atoms with van der Waals surface area (Å²) in [6.45, 7) is -1.23. The van der Waals surface area contributed by atoms with Gasteiger partial charge in [-0.05, 0) is 5.56 Å². The van der Waals surface area contributed by atoms with Crippen LogP contribution in [0.2, 0.25) is 0 Å². The second-order valence-electron chi connectivity index (χ2n) is 5.08. The number of nitrogens with zero attached hydrogens (tertiary/aromatic N) is 1. The molecular weight excluding hydrogens is 343 g/mol. The number of primary amides is 1. The van der Waals surface area contributed by atoms with Crippen LogP contribution in [0.1, 0.15) is 22.2 Å². The van der Waals surface area contributed by atoms with Crippen LogP contribution in [0.3, 0.4) is 0 Å². The maximum Gasteiger partial charge on any atom is 0.315 e. The van der Waals surface area contributed by atoms with Gasteiger partial charge in [-0.3, -0.25) is 9.59 Å². The Labute approximate surface area is 139 Å². The standard InChI is InChI=1S/C15H14F3N3O4/c16-6-10(20-15(24)13(17)18)12(22)8-3-1-7(2-4-8)11-5-9(14(19)23)21-25-11/h1-5,10,12-13,22H,6H2,(H2,19,23)(H,20,24)/t10-,12-/m1/s1. The molecule has 2 aromatic rings. The fourth-order valence-electron chi connectivity index (χ4n) is 2.05. The zero-order chi connectivity index (χ0) is 18.6. The highest BCUT2D eigenvalue weighted by molar-refractivity contribution is 5.91. The number of rotatable bonds is 7. The molecule has 1 aromatic heterocycles. The van der Waals surface area contributed by atoms with Crippen molar-refractivity contribution in [3.63, 3.8) is 0 Å². The van der Waals surface area contributed by atoms with Crippen molar-refractivity contribution >= 4 is 11.8 Å². The highest BCUT2D eigenvalue weighted by Crippen LogP contribution is 2.24. The molecule has 0 saturated heterocycles. The fourth-order valence-corrected chi connectivity index (χ4v) is 2.05. The van der Waals surface area contributed by atoms with E-state index in [1.54, 1.807) is 5.32 Å². The summed E-state index contributed by atoms with van der Waals surface area (Å²) in [5.41, 5.74) is 5.68. The van der Waals surface area contributed by atoms with Crippen LogP contribution >= 0.6 is 0 Å². The normalized spacial score (nSPS) is 13.5. The molecule has 2 atom stereocenters. The van der Waals surface area contributed by atoms with Crippen molar-refractivity contribution in [1.82, 2.24) is 10.5 Å². The van der Waals surface area contributed by atoms with Crippen LogP contribution in [-0.2, 0) is 4.79 Å². The Morgan fingerprint density at radius 3 is 2.40 bits per heavy atom. The summed E-state index contributed by atoms with van der Waals surface area (Å²) < 4.78 is 42.3. The Kier molecular flexibility index (Phi) is 5.75. The van der Waals surface area contributed by atoms with Gasteiger partial charge in [0.2, 0.25) is 0 Å². The number of hydrogen-bond donors (Lipinski definition) is 3. The quantitative estimate of drug-likeness (QED) is 0.688. The van der Waals surface area contributed by atoms with Crippen LogP contribution in [0, 0.1) is 0 Å². The first-order valence-electron chi connectivity index (χ1n) is 7.03. The molecule has 0 saturated carbocycles. The fraction of sp³-hybridized carbons (Fsp3) is 0.267. The Morgan fingerprint density at radius 2 is 1.92 bits per heavy atom. The highest BCUT2D eigenvalue weighted by atomic mass is 19.3. The molecule has 0 fully saturated rings. The molecular formula is C15H14F3N3O4. The lowest BCUT2D eigenvalue weighted by atomic mass is 10.0. The molecule has 4 N–H and O–H groups in total. The van der Waals surface area contributed by atoms with E-state index in [1.165, 1.54) is 30.3 Å². The monoisotopic (exact) mass is 357 g/mol. The number of halogens is 3. The minimum Gasteiger partial charge on any atom is -0.386 e. The molecule has 1 heterocycles. The average molecular weight is 357 g/mol. The molecule has 0 unspecified atom stereocenters. The number of aliphatic hydroxyl groups is 1. The maximum absolute atomic E-state index is 13.0. The second-order valence-corrected chi connectivity index (χ2v) is 5.08. The summed E-state index contributed by atoms with van der Waals surface area (Å²) in [6, 6.07) is 5.55. The molecule has 2 rings (SSSR count). The van der Waals surface area contributed by atoms with Crippen molar-refractivity contribution in [3.05, 3.63) is 41.6 Å². The van der Waals surface area contributed by atoms with Crippen molar-refractivity contribution in [2.24, 2.45) is 5.73 Å². The van der Waals surface area contributed by atoms with Gasteiger partial charge in [-0.2, -0.15) is 8.78 Å². The zero-order valence-corrected chi connectivity index (χ0v) is 12.7. The van der Waals surface area contributed by atoms with Gasteiger partial charge < -0.3 is 20.7 Å². The number of nitrogens with two attached hydrogens (primary N) is 1. The van der Waals surface area contributed by atoms with Gasteiger partial charge in [0, 0.05) is 11.6 Å². The molecule has 25 heavy (non-hydrogen) atoms. The molecule has 10 heteroatoms. The number of carbonyl (C=O) groups is 2. The number of nitrogens with one attached hydrogen (secondary N) is 1. The van der Waals surface area contributed by atoms with E-state index in [1.807, 2.05) is 0 Å². The van der Waals surface area contributed by atoms with Gasteiger partial charge in [-0.1, -0.05) is 29.4 Å². The summed E-state index contributed by atoms with van der Waals surface area (Å²) in [6.07, 6.45) is -4.84. The molecule has 1 aromatic carbocycles. The lowest BCUT2D eigenvalue weighted by molar-refractivity contribution is -0.133. The Morgan fingerprint density at radius 1 is 1.28 bits per heavy atom. The number of alkyl halides is 3. The molecule has 7 nitrogen and oxygen atoms in total. The van der Waals surface area contributed by atoms with Crippen molar-refractivity contribution in [2.45, 2.75) is 18.6 Å². The topological polar surface area (TPSA) is 118 Å².